The average molecular weight is 349 g/mol. The summed E-state index contributed by atoms with van der Waals surface area (Å²) >= 11 is 0. The molecule has 2 aliphatic rings. The highest BCUT2D eigenvalue weighted by Crippen LogP contribution is 2.38. The normalized spacial score (nSPS) is 20.3. The van der Waals surface area contributed by atoms with E-state index in [2.05, 4.69) is 10.2 Å². The van der Waals surface area contributed by atoms with Gasteiger partial charge in [0.2, 0.25) is 5.91 Å². The Labute approximate surface area is 148 Å². The Morgan fingerprint density at radius 1 is 1.20 bits per heavy atom. The van der Waals surface area contributed by atoms with Gasteiger partial charge in [-0.1, -0.05) is 19.3 Å². The van der Waals surface area contributed by atoms with Crippen LogP contribution in [0.5, 0.6) is 0 Å². The van der Waals surface area contributed by atoms with Crippen LogP contribution in [0.3, 0.4) is 0 Å². The molecule has 0 bridgehead atoms. The van der Waals surface area contributed by atoms with Crippen LogP contribution in [0.25, 0.3) is 0 Å². The van der Waals surface area contributed by atoms with Gasteiger partial charge < -0.3 is 20.7 Å². The van der Waals surface area contributed by atoms with Gasteiger partial charge in [-0.3, -0.25) is 4.79 Å². The number of anilines is 2. The van der Waals surface area contributed by atoms with E-state index in [1.54, 1.807) is 0 Å². The molecule has 0 atom stereocenters. The van der Waals surface area contributed by atoms with Crippen LogP contribution < -0.4 is 16.0 Å². The van der Waals surface area contributed by atoms with Crippen molar-refractivity contribution in [3.8, 4) is 0 Å². The van der Waals surface area contributed by atoms with Crippen molar-refractivity contribution in [1.82, 2.24) is 0 Å². The molecule has 0 unspecified atom stereocenters. The van der Waals surface area contributed by atoms with E-state index in [9.17, 15) is 9.18 Å². The lowest BCUT2D eigenvalue weighted by atomic mass is 9.71. The van der Waals surface area contributed by atoms with E-state index in [-0.39, 0.29) is 17.1 Å². The minimum Gasteiger partial charge on any atom is -0.378 e. The highest BCUT2D eigenvalue weighted by molar-refractivity contribution is 5.91. The van der Waals surface area contributed by atoms with Gasteiger partial charge in [0.25, 0.3) is 0 Å². The molecule has 0 aromatic heterocycles. The van der Waals surface area contributed by atoms with Gasteiger partial charge in [-0.05, 0) is 43.0 Å². The van der Waals surface area contributed by atoms with Crippen LogP contribution in [0.15, 0.2) is 18.2 Å². The summed E-state index contributed by atoms with van der Waals surface area (Å²) in [6, 6.07) is 4.71. The maximum Gasteiger partial charge on any atom is 0.224 e. The molecule has 2 fully saturated rings. The molecule has 1 amide bonds. The first-order valence-electron chi connectivity index (χ1n) is 9.23. The van der Waals surface area contributed by atoms with E-state index in [4.69, 9.17) is 10.5 Å². The monoisotopic (exact) mass is 349 g/mol. The molecule has 1 aromatic rings. The van der Waals surface area contributed by atoms with Crippen molar-refractivity contribution in [1.29, 1.82) is 0 Å². The van der Waals surface area contributed by atoms with Gasteiger partial charge in [0, 0.05) is 30.9 Å². The minimum atomic E-state index is -0.342. The van der Waals surface area contributed by atoms with Crippen LogP contribution in [0, 0.1) is 11.2 Å². The fraction of sp³-hybridized carbons (Fsp3) is 0.632. The molecule has 1 heterocycles. The number of nitrogens with one attached hydrogen (secondary N) is 1. The predicted molar refractivity (Wildman–Crippen MR) is 97.3 cm³/mol. The number of amides is 1. The number of rotatable bonds is 5. The molecule has 5 nitrogen and oxygen atoms in total. The number of carbonyl (C=O) groups excluding carboxylic acids is 1. The van der Waals surface area contributed by atoms with E-state index in [1.165, 1.54) is 18.6 Å². The molecule has 138 valence electrons. The summed E-state index contributed by atoms with van der Waals surface area (Å²) in [6.07, 6.45) is 5.89. The minimum absolute atomic E-state index is 0.0779. The fourth-order valence-electron chi connectivity index (χ4n) is 3.95. The van der Waals surface area contributed by atoms with Crippen LogP contribution in [-0.4, -0.2) is 38.8 Å². The zero-order valence-corrected chi connectivity index (χ0v) is 14.7. The molecule has 3 rings (SSSR count). The van der Waals surface area contributed by atoms with E-state index < -0.39 is 0 Å². The fourth-order valence-corrected chi connectivity index (χ4v) is 3.95. The summed E-state index contributed by atoms with van der Waals surface area (Å²) in [5, 5.41) is 2.88. The van der Waals surface area contributed by atoms with Crippen molar-refractivity contribution in [3.05, 3.63) is 24.0 Å². The van der Waals surface area contributed by atoms with Crippen LogP contribution in [0.1, 0.15) is 38.5 Å². The van der Waals surface area contributed by atoms with E-state index in [1.807, 2.05) is 6.07 Å². The van der Waals surface area contributed by atoms with Crippen LogP contribution in [-0.2, 0) is 9.53 Å². The van der Waals surface area contributed by atoms with Crippen molar-refractivity contribution < 1.29 is 13.9 Å². The lowest BCUT2D eigenvalue weighted by Crippen LogP contribution is -2.37. The zero-order valence-electron chi connectivity index (χ0n) is 14.7. The van der Waals surface area contributed by atoms with E-state index in [0.29, 0.717) is 31.9 Å². The topological polar surface area (TPSA) is 67.6 Å². The second-order valence-corrected chi connectivity index (χ2v) is 7.29. The lowest BCUT2D eigenvalue weighted by molar-refractivity contribution is -0.118. The van der Waals surface area contributed by atoms with Gasteiger partial charge in [0.05, 0.1) is 13.2 Å². The number of nitrogens with zero attached hydrogens (tertiary/aromatic N) is 1. The van der Waals surface area contributed by atoms with Crippen LogP contribution in [0.2, 0.25) is 0 Å². The number of benzene rings is 1. The number of carbonyl (C=O) groups is 1. The van der Waals surface area contributed by atoms with Crippen molar-refractivity contribution in [2.45, 2.75) is 38.5 Å². The second kappa shape index (κ2) is 8.15. The van der Waals surface area contributed by atoms with Crippen molar-refractivity contribution >= 4 is 17.3 Å². The number of hydrogen-bond donors (Lipinski definition) is 2. The summed E-state index contributed by atoms with van der Waals surface area (Å²) in [5.74, 6) is -0.420. The first kappa shape index (κ1) is 18.1. The third-order valence-electron chi connectivity index (χ3n) is 5.43. The largest absolute Gasteiger partial charge is 0.378 e. The molecule has 1 aromatic carbocycles. The molecular formula is C19H28FN3O2. The van der Waals surface area contributed by atoms with Gasteiger partial charge >= 0.3 is 0 Å². The molecule has 6 heteroatoms. The number of nitrogens with two attached hydrogens (primary N) is 1. The van der Waals surface area contributed by atoms with Gasteiger partial charge in [-0.2, -0.15) is 0 Å². The van der Waals surface area contributed by atoms with Gasteiger partial charge in [0.1, 0.15) is 5.82 Å². The Morgan fingerprint density at radius 2 is 1.92 bits per heavy atom. The summed E-state index contributed by atoms with van der Waals surface area (Å²) in [7, 11) is 0. The van der Waals surface area contributed by atoms with Crippen molar-refractivity contribution in [2.75, 3.05) is 43.1 Å². The Morgan fingerprint density at radius 3 is 2.60 bits per heavy atom. The first-order valence-corrected chi connectivity index (χ1v) is 9.23. The molecule has 25 heavy (non-hydrogen) atoms. The number of ether oxygens (including phenoxy) is 1. The van der Waals surface area contributed by atoms with Gasteiger partial charge in [0.15, 0.2) is 0 Å². The maximum absolute atomic E-state index is 14.0. The SMILES string of the molecule is NCC1(CC(=O)Nc2cc(F)cc(N3CCOCC3)c2)CCCCC1. The maximum atomic E-state index is 14.0. The van der Waals surface area contributed by atoms with Crippen LogP contribution >= 0.6 is 0 Å². The van der Waals surface area contributed by atoms with Crippen molar-refractivity contribution in [2.24, 2.45) is 11.1 Å². The Kier molecular flexibility index (Phi) is 5.91. The zero-order chi connectivity index (χ0) is 17.7. The molecule has 0 radical (unpaired) electrons. The molecule has 1 saturated carbocycles. The molecule has 1 aliphatic heterocycles. The second-order valence-electron chi connectivity index (χ2n) is 7.29. The molecular weight excluding hydrogens is 321 g/mol. The molecule has 3 N–H and O–H groups in total. The average Bonchev–Trinajstić information content (AvgIpc) is 2.62. The van der Waals surface area contributed by atoms with E-state index >= 15 is 0 Å². The number of morpholine rings is 1. The summed E-state index contributed by atoms with van der Waals surface area (Å²) in [6.45, 7) is 3.26. The van der Waals surface area contributed by atoms with Gasteiger partial charge in [-0.25, -0.2) is 4.39 Å². The number of hydrogen-bond acceptors (Lipinski definition) is 4. The smallest absolute Gasteiger partial charge is 0.224 e. The number of halogens is 1. The Bertz CT molecular complexity index is 596. The molecule has 0 spiro atoms. The summed E-state index contributed by atoms with van der Waals surface area (Å²) in [5.41, 5.74) is 7.16. The highest BCUT2D eigenvalue weighted by atomic mass is 19.1. The third kappa shape index (κ3) is 4.70. The lowest BCUT2D eigenvalue weighted by Gasteiger charge is -2.35. The van der Waals surface area contributed by atoms with E-state index in [0.717, 1.165) is 44.5 Å². The third-order valence-corrected chi connectivity index (χ3v) is 5.43. The standard InChI is InChI=1S/C19H28FN3O2/c20-15-10-16(12-17(11-15)23-6-8-25-9-7-23)22-18(24)13-19(14-21)4-2-1-3-5-19/h10-12H,1-9,13-14,21H2,(H,22,24). The predicted octanol–water partition coefficient (Wildman–Crippen LogP) is 2.90. The van der Waals surface area contributed by atoms with Crippen LogP contribution in [0.4, 0.5) is 15.8 Å². The Balaban J connectivity index is 1.67. The Hall–Kier alpha value is -1.66. The first-order chi connectivity index (χ1) is 12.1. The quantitative estimate of drug-likeness (QED) is 0.858. The summed E-state index contributed by atoms with van der Waals surface area (Å²) in [4.78, 5) is 14.6. The summed E-state index contributed by atoms with van der Waals surface area (Å²) < 4.78 is 19.3. The molecule has 1 aliphatic carbocycles. The van der Waals surface area contributed by atoms with Gasteiger partial charge in [-0.15, -0.1) is 0 Å². The highest BCUT2D eigenvalue weighted by Gasteiger charge is 2.33. The van der Waals surface area contributed by atoms with Crippen molar-refractivity contribution in [3.63, 3.8) is 0 Å². The molecule has 1 saturated heterocycles.